The van der Waals surface area contributed by atoms with Crippen molar-refractivity contribution in [3.63, 3.8) is 0 Å². The SMILES string of the molecule is c1ccc(-c2cccc(N(c3ccc4oc5c(-c6cccc7c6sc6ccccc67)c6c(cc5c4c3)oc3ccccc36)c3cccc4c3oc3ccccc34)c2)cc1. The van der Waals surface area contributed by atoms with E-state index in [1.165, 1.54) is 20.2 Å². The molecular weight excluding hydrogens is 743 g/mol. The summed E-state index contributed by atoms with van der Waals surface area (Å²) in [6.07, 6.45) is 0. The minimum Gasteiger partial charge on any atom is -0.456 e. The van der Waals surface area contributed by atoms with Crippen LogP contribution in [-0.2, 0) is 0 Å². The van der Waals surface area contributed by atoms with Crippen LogP contribution in [0.2, 0.25) is 0 Å². The summed E-state index contributed by atoms with van der Waals surface area (Å²) < 4.78 is 22.9. The van der Waals surface area contributed by atoms with Gasteiger partial charge in [0.1, 0.15) is 27.9 Å². The highest BCUT2D eigenvalue weighted by atomic mass is 32.1. The van der Waals surface area contributed by atoms with Gasteiger partial charge in [-0.2, -0.15) is 0 Å². The van der Waals surface area contributed by atoms with Crippen molar-refractivity contribution in [3.05, 3.63) is 188 Å². The van der Waals surface area contributed by atoms with Crippen LogP contribution in [0.3, 0.4) is 0 Å². The van der Waals surface area contributed by atoms with Crippen LogP contribution in [0.15, 0.2) is 201 Å². The highest BCUT2D eigenvalue weighted by Crippen LogP contribution is 2.50. The molecule has 0 bridgehead atoms. The number of hydrogen-bond donors (Lipinski definition) is 0. The van der Waals surface area contributed by atoms with Crippen LogP contribution in [0, 0.1) is 0 Å². The second-order valence-corrected chi connectivity index (χ2v) is 16.2. The van der Waals surface area contributed by atoms with Crippen LogP contribution in [0.4, 0.5) is 17.1 Å². The molecule has 13 aromatic rings. The zero-order valence-corrected chi connectivity index (χ0v) is 32.3. The van der Waals surface area contributed by atoms with Crippen molar-refractivity contribution in [3.8, 4) is 22.3 Å². The number of fused-ring (bicyclic) bond motifs is 12. The van der Waals surface area contributed by atoms with Gasteiger partial charge in [0.25, 0.3) is 0 Å². The minimum atomic E-state index is 0.811. The number of thiophene rings is 1. The molecule has 0 radical (unpaired) electrons. The Kier molecular flexibility index (Phi) is 6.85. The maximum absolute atomic E-state index is 7.05. The number of hydrogen-bond acceptors (Lipinski definition) is 5. The van der Waals surface area contributed by atoms with Gasteiger partial charge in [0.2, 0.25) is 0 Å². The molecule has 0 N–H and O–H groups in total. The fourth-order valence-corrected chi connectivity index (χ4v) is 10.5. The molecule has 0 fully saturated rings. The van der Waals surface area contributed by atoms with E-state index in [4.69, 9.17) is 13.3 Å². The summed E-state index contributed by atoms with van der Waals surface area (Å²) in [5, 5.41) is 8.81. The molecule has 0 spiro atoms. The fraction of sp³-hybridized carbons (Fsp3) is 0. The summed E-state index contributed by atoms with van der Waals surface area (Å²) in [6, 6.07) is 66.3. The molecule has 0 saturated carbocycles. The van der Waals surface area contributed by atoms with Gasteiger partial charge < -0.3 is 18.2 Å². The van der Waals surface area contributed by atoms with Gasteiger partial charge in [-0.1, -0.05) is 127 Å². The van der Waals surface area contributed by atoms with Crippen LogP contribution in [0.5, 0.6) is 0 Å². The van der Waals surface area contributed by atoms with E-state index in [1.807, 2.05) is 29.5 Å². The van der Waals surface area contributed by atoms with Crippen LogP contribution >= 0.6 is 11.3 Å². The summed E-state index contributed by atoms with van der Waals surface area (Å²) >= 11 is 1.83. The third kappa shape index (κ3) is 4.83. The summed E-state index contributed by atoms with van der Waals surface area (Å²) in [5.74, 6) is 0. The summed E-state index contributed by atoms with van der Waals surface area (Å²) in [5.41, 5.74) is 12.5. The Morgan fingerprint density at radius 3 is 1.93 bits per heavy atom. The zero-order valence-electron chi connectivity index (χ0n) is 31.5. The van der Waals surface area contributed by atoms with E-state index in [0.717, 1.165) is 105 Å². The van der Waals surface area contributed by atoms with Crippen molar-refractivity contribution in [1.29, 1.82) is 0 Å². The Bertz CT molecular complexity index is 3810. The number of furan rings is 3. The lowest BCUT2D eigenvalue weighted by atomic mass is 9.95. The second-order valence-electron chi connectivity index (χ2n) is 15.2. The molecule has 9 aromatic carbocycles. The van der Waals surface area contributed by atoms with Crippen LogP contribution in [0.1, 0.15) is 0 Å². The van der Waals surface area contributed by atoms with E-state index in [9.17, 15) is 0 Å². The highest BCUT2D eigenvalue weighted by molar-refractivity contribution is 7.26. The molecular formula is C54H31NO3S. The van der Waals surface area contributed by atoms with Gasteiger partial charge in [0, 0.05) is 75.0 Å². The molecule has 0 unspecified atom stereocenters. The van der Waals surface area contributed by atoms with E-state index < -0.39 is 0 Å². The molecule has 4 nitrogen and oxygen atoms in total. The number of anilines is 3. The molecule has 0 atom stereocenters. The van der Waals surface area contributed by atoms with Crippen molar-refractivity contribution in [2.24, 2.45) is 0 Å². The van der Waals surface area contributed by atoms with Gasteiger partial charge >= 0.3 is 0 Å². The molecule has 4 heterocycles. The van der Waals surface area contributed by atoms with Crippen LogP contribution < -0.4 is 4.90 Å². The Hall–Kier alpha value is -7.60. The summed E-state index contributed by atoms with van der Waals surface area (Å²) in [4.78, 5) is 2.31. The molecule has 0 aliphatic heterocycles. The lowest BCUT2D eigenvalue weighted by molar-refractivity contribution is 0.664. The number of benzene rings is 9. The monoisotopic (exact) mass is 773 g/mol. The maximum Gasteiger partial charge on any atom is 0.159 e. The predicted octanol–water partition coefficient (Wildman–Crippen LogP) is 16.6. The molecule has 13 rings (SSSR count). The van der Waals surface area contributed by atoms with Gasteiger partial charge in [0.05, 0.1) is 5.69 Å². The first kappa shape index (κ1) is 32.5. The maximum atomic E-state index is 7.05. The number of nitrogens with zero attached hydrogens (tertiary/aromatic N) is 1. The molecule has 0 saturated heterocycles. The molecule has 0 amide bonds. The Morgan fingerprint density at radius 2 is 1.03 bits per heavy atom. The predicted molar refractivity (Wildman–Crippen MR) is 247 cm³/mol. The van der Waals surface area contributed by atoms with Gasteiger partial charge in [-0.05, 0) is 71.8 Å². The number of rotatable bonds is 5. The van der Waals surface area contributed by atoms with E-state index in [-0.39, 0.29) is 0 Å². The van der Waals surface area contributed by atoms with Crippen molar-refractivity contribution in [2.45, 2.75) is 0 Å². The molecule has 4 aromatic heterocycles. The van der Waals surface area contributed by atoms with Crippen molar-refractivity contribution >= 4 is 114 Å². The standard InChI is InChI=1S/C54H31NO3S/c1-2-13-32(14-3-1)33-15-10-16-34(29-33)55(44-23-12-20-38-36-17-4-7-24-45(36)57-52(38)44)35-27-28-47-42(30-35)43-31-48-50(40-19-5-8-25-46(40)56-48)51(53(43)58-47)41-22-11-21-39-37-18-6-9-26-49(37)59-54(39)41/h1-31H. The molecule has 0 aliphatic rings. The smallest absolute Gasteiger partial charge is 0.159 e. The lowest BCUT2D eigenvalue weighted by Gasteiger charge is -2.26. The quantitative estimate of drug-likeness (QED) is 0.175. The van der Waals surface area contributed by atoms with Gasteiger partial charge in [-0.15, -0.1) is 11.3 Å². The summed E-state index contributed by atoms with van der Waals surface area (Å²) in [7, 11) is 0. The number of para-hydroxylation sites is 3. The normalized spacial score (nSPS) is 12.1. The highest BCUT2D eigenvalue weighted by Gasteiger charge is 2.25. The summed E-state index contributed by atoms with van der Waals surface area (Å²) in [6.45, 7) is 0. The van der Waals surface area contributed by atoms with Crippen molar-refractivity contribution in [2.75, 3.05) is 4.90 Å². The molecule has 5 heteroatoms. The van der Waals surface area contributed by atoms with Gasteiger partial charge in [0.15, 0.2) is 5.58 Å². The van der Waals surface area contributed by atoms with E-state index in [2.05, 4.69) is 175 Å². The van der Waals surface area contributed by atoms with Crippen LogP contribution in [0.25, 0.3) is 108 Å². The van der Waals surface area contributed by atoms with E-state index >= 15 is 0 Å². The molecule has 59 heavy (non-hydrogen) atoms. The average Bonchev–Trinajstić information content (AvgIpc) is 4.06. The fourth-order valence-electron chi connectivity index (χ4n) is 9.23. The molecule has 0 aliphatic carbocycles. The first-order valence-electron chi connectivity index (χ1n) is 19.8. The van der Waals surface area contributed by atoms with E-state index in [1.54, 1.807) is 0 Å². The second kappa shape index (κ2) is 12.4. The minimum absolute atomic E-state index is 0.811. The van der Waals surface area contributed by atoms with Gasteiger partial charge in [-0.25, -0.2) is 0 Å². The third-order valence-corrected chi connectivity index (χ3v) is 13.1. The lowest BCUT2D eigenvalue weighted by Crippen LogP contribution is -2.10. The zero-order chi connectivity index (χ0) is 38.6. The Labute approximate surface area is 341 Å². The van der Waals surface area contributed by atoms with Gasteiger partial charge in [-0.3, -0.25) is 0 Å². The average molecular weight is 774 g/mol. The molecule has 276 valence electrons. The topological polar surface area (TPSA) is 42.7 Å². The first-order chi connectivity index (χ1) is 29.2. The van der Waals surface area contributed by atoms with Crippen molar-refractivity contribution in [1.82, 2.24) is 0 Å². The first-order valence-corrected chi connectivity index (χ1v) is 20.6. The Morgan fingerprint density at radius 1 is 0.373 bits per heavy atom. The van der Waals surface area contributed by atoms with Crippen molar-refractivity contribution < 1.29 is 13.3 Å². The van der Waals surface area contributed by atoms with E-state index in [0.29, 0.717) is 0 Å². The largest absolute Gasteiger partial charge is 0.456 e. The Balaban J connectivity index is 1.10. The third-order valence-electron chi connectivity index (χ3n) is 11.9. The van der Waals surface area contributed by atoms with Crippen LogP contribution in [-0.4, -0.2) is 0 Å².